The van der Waals surface area contributed by atoms with Crippen LogP contribution in [0.1, 0.15) is 61.9 Å². The molecule has 0 nitrogen and oxygen atoms in total. The highest BCUT2D eigenvalue weighted by Crippen LogP contribution is 2.50. The molecule has 0 saturated carbocycles. The highest BCUT2D eigenvalue weighted by Gasteiger charge is 2.36. The van der Waals surface area contributed by atoms with Gasteiger partial charge in [0.2, 0.25) is 0 Å². The third-order valence-corrected chi connectivity index (χ3v) is 5.86. The standard InChI is InChI=1S/C23H26/c1-14(2)16-7-8-17-12-20-19-9-6-15(3)10-21(19)23(4,5)22(20)13-18(17)11-16/h6,9-14H,7-8H2,1-5H3. The molecule has 4 rings (SSSR count). The lowest BCUT2D eigenvalue weighted by Crippen LogP contribution is -2.16. The van der Waals surface area contributed by atoms with Gasteiger partial charge in [0.15, 0.2) is 0 Å². The van der Waals surface area contributed by atoms with Crippen LogP contribution in [-0.2, 0) is 11.8 Å². The lowest BCUT2D eigenvalue weighted by Gasteiger charge is -2.24. The Morgan fingerprint density at radius 2 is 1.65 bits per heavy atom. The Bertz CT molecular complexity index is 831. The van der Waals surface area contributed by atoms with E-state index in [9.17, 15) is 0 Å². The average molecular weight is 302 g/mol. The summed E-state index contributed by atoms with van der Waals surface area (Å²) in [6.45, 7) is 11.6. The Hall–Kier alpha value is -1.82. The fourth-order valence-corrected chi connectivity index (χ4v) is 4.31. The van der Waals surface area contributed by atoms with Crippen LogP contribution in [0.2, 0.25) is 0 Å². The summed E-state index contributed by atoms with van der Waals surface area (Å²) in [5, 5.41) is 0. The van der Waals surface area contributed by atoms with E-state index < -0.39 is 0 Å². The maximum Gasteiger partial charge on any atom is 0.0159 e. The van der Waals surface area contributed by atoms with Gasteiger partial charge in [-0.3, -0.25) is 0 Å². The van der Waals surface area contributed by atoms with Crippen molar-refractivity contribution >= 4 is 6.08 Å². The Morgan fingerprint density at radius 1 is 0.913 bits per heavy atom. The first-order valence-corrected chi connectivity index (χ1v) is 8.87. The summed E-state index contributed by atoms with van der Waals surface area (Å²) in [4.78, 5) is 0. The van der Waals surface area contributed by atoms with Crippen LogP contribution in [0.5, 0.6) is 0 Å². The quantitative estimate of drug-likeness (QED) is 0.581. The summed E-state index contributed by atoms with van der Waals surface area (Å²) in [5.41, 5.74) is 11.9. The summed E-state index contributed by atoms with van der Waals surface area (Å²) in [5.74, 6) is 0.657. The predicted molar refractivity (Wildman–Crippen MR) is 99.9 cm³/mol. The molecule has 0 spiro atoms. The summed E-state index contributed by atoms with van der Waals surface area (Å²) < 4.78 is 0. The van der Waals surface area contributed by atoms with Crippen LogP contribution in [0, 0.1) is 12.8 Å². The molecule has 0 aromatic heterocycles. The molecule has 23 heavy (non-hydrogen) atoms. The van der Waals surface area contributed by atoms with Crippen molar-refractivity contribution in [2.75, 3.05) is 0 Å². The van der Waals surface area contributed by atoms with Gasteiger partial charge in [-0.25, -0.2) is 0 Å². The van der Waals surface area contributed by atoms with Crippen LogP contribution in [0.25, 0.3) is 17.2 Å². The molecule has 2 aliphatic carbocycles. The first kappa shape index (κ1) is 14.8. The second-order valence-electron chi connectivity index (χ2n) is 8.14. The van der Waals surface area contributed by atoms with Crippen molar-refractivity contribution in [3.05, 3.63) is 63.7 Å². The van der Waals surface area contributed by atoms with Crippen LogP contribution in [0.15, 0.2) is 35.9 Å². The number of rotatable bonds is 1. The van der Waals surface area contributed by atoms with Crippen LogP contribution < -0.4 is 0 Å². The molecule has 0 bridgehead atoms. The number of fused-ring (bicyclic) bond motifs is 4. The van der Waals surface area contributed by atoms with Crippen molar-refractivity contribution in [2.45, 2.75) is 52.9 Å². The van der Waals surface area contributed by atoms with E-state index in [0.717, 1.165) is 0 Å². The van der Waals surface area contributed by atoms with Gasteiger partial charge in [-0.2, -0.15) is 0 Å². The van der Waals surface area contributed by atoms with Crippen molar-refractivity contribution in [2.24, 2.45) is 5.92 Å². The molecule has 0 aliphatic heterocycles. The largest absolute Gasteiger partial charge is 0.0667 e. The van der Waals surface area contributed by atoms with E-state index in [0.29, 0.717) is 5.92 Å². The molecule has 118 valence electrons. The first-order chi connectivity index (χ1) is 10.9. The second-order valence-corrected chi connectivity index (χ2v) is 8.14. The Labute approximate surface area is 140 Å². The van der Waals surface area contributed by atoms with Gasteiger partial charge in [0, 0.05) is 5.41 Å². The minimum Gasteiger partial charge on any atom is -0.0667 e. The fourth-order valence-electron chi connectivity index (χ4n) is 4.31. The lowest BCUT2D eigenvalue weighted by atomic mass is 9.79. The number of benzene rings is 2. The molecule has 2 aromatic rings. The Morgan fingerprint density at radius 3 is 2.39 bits per heavy atom. The Kier molecular flexibility index (Phi) is 3.10. The number of aryl methyl sites for hydroxylation is 2. The molecule has 0 atom stereocenters. The summed E-state index contributed by atoms with van der Waals surface area (Å²) >= 11 is 0. The van der Waals surface area contributed by atoms with Gasteiger partial charge in [0.1, 0.15) is 0 Å². The highest BCUT2D eigenvalue weighted by atomic mass is 14.4. The number of allylic oxidation sites excluding steroid dienone is 1. The van der Waals surface area contributed by atoms with Crippen molar-refractivity contribution in [3.63, 3.8) is 0 Å². The Balaban J connectivity index is 1.94. The van der Waals surface area contributed by atoms with Gasteiger partial charge in [0.25, 0.3) is 0 Å². The number of hydrogen-bond acceptors (Lipinski definition) is 0. The molecule has 0 heteroatoms. The van der Waals surface area contributed by atoms with Crippen LogP contribution in [-0.4, -0.2) is 0 Å². The fraction of sp³-hybridized carbons (Fsp3) is 0.391. The monoisotopic (exact) mass is 302 g/mol. The third-order valence-electron chi connectivity index (χ3n) is 5.86. The summed E-state index contributed by atoms with van der Waals surface area (Å²) in [7, 11) is 0. The summed E-state index contributed by atoms with van der Waals surface area (Å²) in [6, 6.07) is 11.9. The topological polar surface area (TPSA) is 0 Å². The van der Waals surface area contributed by atoms with Gasteiger partial charge in [-0.05, 0) is 65.1 Å². The van der Waals surface area contributed by atoms with Crippen molar-refractivity contribution < 1.29 is 0 Å². The molecule has 0 unspecified atom stereocenters. The molecular weight excluding hydrogens is 276 g/mol. The van der Waals surface area contributed by atoms with Gasteiger partial charge in [-0.1, -0.05) is 69.2 Å². The molecule has 0 heterocycles. The molecular formula is C23H26. The summed E-state index contributed by atoms with van der Waals surface area (Å²) in [6.07, 6.45) is 4.86. The molecule has 0 fully saturated rings. The zero-order chi connectivity index (χ0) is 16.4. The average Bonchev–Trinajstić information content (AvgIpc) is 2.72. The zero-order valence-corrected chi connectivity index (χ0v) is 15.0. The van der Waals surface area contributed by atoms with E-state index in [-0.39, 0.29) is 5.41 Å². The van der Waals surface area contributed by atoms with Gasteiger partial charge in [0.05, 0.1) is 0 Å². The molecule has 2 aliphatic rings. The molecule has 0 saturated heterocycles. The molecule has 2 aromatic carbocycles. The zero-order valence-electron chi connectivity index (χ0n) is 15.0. The van der Waals surface area contributed by atoms with Crippen molar-refractivity contribution in [1.82, 2.24) is 0 Å². The van der Waals surface area contributed by atoms with E-state index in [1.807, 2.05) is 0 Å². The first-order valence-electron chi connectivity index (χ1n) is 8.87. The van der Waals surface area contributed by atoms with E-state index in [1.54, 1.807) is 5.57 Å². The van der Waals surface area contributed by atoms with Crippen molar-refractivity contribution in [3.8, 4) is 11.1 Å². The van der Waals surface area contributed by atoms with E-state index >= 15 is 0 Å². The number of hydrogen-bond donors (Lipinski definition) is 0. The predicted octanol–water partition coefficient (Wildman–Crippen LogP) is 6.29. The van der Waals surface area contributed by atoms with Crippen LogP contribution >= 0.6 is 0 Å². The van der Waals surface area contributed by atoms with Crippen LogP contribution in [0.3, 0.4) is 0 Å². The second kappa shape index (κ2) is 4.84. The SMILES string of the molecule is Cc1ccc2c(c1)C(C)(C)c1cc3c(cc1-2)CCC(C(C)C)=C3. The van der Waals surface area contributed by atoms with E-state index in [4.69, 9.17) is 0 Å². The van der Waals surface area contributed by atoms with Gasteiger partial charge in [-0.15, -0.1) is 0 Å². The normalized spacial score (nSPS) is 17.6. The molecule has 0 N–H and O–H groups in total. The lowest BCUT2D eigenvalue weighted by molar-refractivity contribution is 0.658. The smallest absolute Gasteiger partial charge is 0.0159 e. The minimum atomic E-state index is 0.106. The van der Waals surface area contributed by atoms with Gasteiger partial charge < -0.3 is 0 Å². The maximum atomic E-state index is 2.47. The maximum absolute atomic E-state index is 2.47. The van der Waals surface area contributed by atoms with E-state index in [1.165, 1.54) is 51.8 Å². The molecule has 0 radical (unpaired) electrons. The molecule has 0 amide bonds. The van der Waals surface area contributed by atoms with Crippen LogP contribution in [0.4, 0.5) is 0 Å². The van der Waals surface area contributed by atoms with E-state index in [2.05, 4.69) is 71.0 Å². The third kappa shape index (κ3) is 2.11. The van der Waals surface area contributed by atoms with Crippen molar-refractivity contribution in [1.29, 1.82) is 0 Å². The van der Waals surface area contributed by atoms with Gasteiger partial charge >= 0.3 is 0 Å². The highest BCUT2D eigenvalue weighted by molar-refractivity contribution is 5.83. The minimum absolute atomic E-state index is 0.106.